The largest absolute Gasteiger partial charge is 0.382 e. The molecule has 1 heterocycles. The number of nitrogens with zero attached hydrogens (tertiary/aromatic N) is 2. The highest BCUT2D eigenvalue weighted by atomic mass is 16.5. The third kappa shape index (κ3) is 3.30. The van der Waals surface area contributed by atoms with Crippen LogP contribution in [0.15, 0.2) is 12.4 Å². The van der Waals surface area contributed by atoms with Crippen LogP contribution in [0.3, 0.4) is 0 Å². The number of rotatable bonds is 4. The summed E-state index contributed by atoms with van der Waals surface area (Å²) < 4.78 is 5.66. The van der Waals surface area contributed by atoms with Crippen molar-refractivity contribution in [1.29, 1.82) is 0 Å². The quantitative estimate of drug-likeness (QED) is 0.795. The zero-order valence-corrected chi connectivity index (χ0v) is 8.95. The molecule has 0 aliphatic heterocycles. The lowest BCUT2D eigenvalue weighted by molar-refractivity contribution is -0.0331. The summed E-state index contributed by atoms with van der Waals surface area (Å²) in [5.41, 5.74) is 6.12. The topological polar surface area (TPSA) is 61.0 Å². The van der Waals surface area contributed by atoms with Crippen LogP contribution in [0.1, 0.15) is 32.9 Å². The Morgan fingerprint density at radius 1 is 1.36 bits per heavy atom. The molecule has 4 heteroatoms. The van der Waals surface area contributed by atoms with Crippen molar-refractivity contribution in [3.8, 4) is 0 Å². The maximum atomic E-state index is 5.66. The van der Waals surface area contributed by atoms with Gasteiger partial charge in [-0.25, -0.2) is 4.98 Å². The molecule has 0 bridgehead atoms. The van der Waals surface area contributed by atoms with E-state index in [4.69, 9.17) is 10.5 Å². The lowest BCUT2D eigenvalue weighted by Gasteiger charge is -2.22. The second-order valence-electron chi connectivity index (χ2n) is 3.83. The minimum Gasteiger partial charge on any atom is -0.382 e. The lowest BCUT2D eigenvalue weighted by atomic mass is 10.1. The van der Waals surface area contributed by atoms with Gasteiger partial charge in [0.05, 0.1) is 30.3 Å². The molecule has 78 valence electrons. The van der Waals surface area contributed by atoms with E-state index >= 15 is 0 Å². The minimum absolute atomic E-state index is 0.108. The fraction of sp³-hybridized carbons (Fsp3) is 0.600. The zero-order valence-electron chi connectivity index (χ0n) is 8.95. The maximum Gasteiger partial charge on any atom is 0.141 e. The first-order valence-electron chi connectivity index (χ1n) is 4.74. The van der Waals surface area contributed by atoms with Crippen LogP contribution < -0.4 is 5.73 Å². The van der Waals surface area contributed by atoms with Gasteiger partial charge in [-0.2, -0.15) is 0 Å². The molecule has 0 aromatic carbocycles. The van der Waals surface area contributed by atoms with Crippen molar-refractivity contribution in [2.45, 2.75) is 39.4 Å². The van der Waals surface area contributed by atoms with Gasteiger partial charge < -0.3 is 10.5 Å². The summed E-state index contributed by atoms with van der Waals surface area (Å²) in [5, 5.41) is 0. The van der Waals surface area contributed by atoms with Gasteiger partial charge >= 0.3 is 0 Å². The van der Waals surface area contributed by atoms with E-state index in [1.807, 2.05) is 0 Å². The number of hydrogen-bond donors (Lipinski definition) is 1. The first-order valence-corrected chi connectivity index (χ1v) is 4.74. The van der Waals surface area contributed by atoms with Gasteiger partial charge in [0.1, 0.15) is 5.82 Å². The van der Waals surface area contributed by atoms with Crippen LogP contribution in [0.4, 0.5) is 5.82 Å². The standard InChI is InChI=1S/C10H17N3O/c1-4-10(2,3)14-7-8-5-13-9(11)6-12-8/h5-6H,4,7H2,1-3H3,(H2,11,13). The average molecular weight is 195 g/mol. The van der Waals surface area contributed by atoms with E-state index in [0.717, 1.165) is 12.1 Å². The second-order valence-corrected chi connectivity index (χ2v) is 3.83. The summed E-state index contributed by atoms with van der Waals surface area (Å²) in [6.45, 7) is 6.68. The number of anilines is 1. The van der Waals surface area contributed by atoms with Gasteiger partial charge in [0.15, 0.2) is 0 Å². The summed E-state index contributed by atoms with van der Waals surface area (Å²) in [7, 11) is 0. The van der Waals surface area contributed by atoms with E-state index in [-0.39, 0.29) is 5.60 Å². The Morgan fingerprint density at radius 3 is 2.57 bits per heavy atom. The van der Waals surface area contributed by atoms with Gasteiger partial charge in [-0.15, -0.1) is 0 Å². The van der Waals surface area contributed by atoms with Gasteiger partial charge in [0, 0.05) is 0 Å². The van der Waals surface area contributed by atoms with Crippen molar-refractivity contribution >= 4 is 5.82 Å². The Labute approximate surface area is 84.5 Å². The fourth-order valence-electron chi connectivity index (χ4n) is 0.811. The van der Waals surface area contributed by atoms with E-state index in [9.17, 15) is 0 Å². The highest BCUT2D eigenvalue weighted by molar-refractivity contribution is 5.22. The van der Waals surface area contributed by atoms with Crippen LogP contribution in [0.25, 0.3) is 0 Å². The first kappa shape index (κ1) is 10.9. The molecule has 0 saturated carbocycles. The van der Waals surface area contributed by atoms with E-state index in [0.29, 0.717) is 12.4 Å². The van der Waals surface area contributed by atoms with Gasteiger partial charge in [-0.3, -0.25) is 4.98 Å². The zero-order chi connectivity index (χ0) is 10.6. The number of nitrogen functional groups attached to an aromatic ring is 1. The Hall–Kier alpha value is -1.16. The third-order valence-corrected chi connectivity index (χ3v) is 2.19. The van der Waals surface area contributed by atoms with E-state index in [1.165, 1.54) is 6.20 Å². The number of nitrogens with two attached hydrogens (primary N) is 1. The molecule has 1 aromatic heterocycles. The Balaban J connectivity index is 2.50. The third-order valence-electron chi connectivity index (χ3n) is 2.19. The molecule has 0 aliphatic carbocycles. The summed E-state index contributed by atoms with van der Waals surface area (Å²) in [6, 6.07) is 0. The molecular weight excluding hydrogens is 178 g/mol. The molecule has 1 rings (SSSR count). The van der Waals surface area contributed by atoms with E-state index < -0.39 is 0 Å². The van der Waals surface area contributed by atoms with Crippen LogP contribution in [0.5, 0.6) is 0 Å². The molecule has 4 nitrogen and oxygen atoms in total. The molecule has 0 fully saturated rings. The summed E-state index contributed by atoms with van der Waals surface area (Å²) in [5.74, 6) is 0.434. The van der Waals surface area contributed by atoms with Crippen LogP contribution >= 0.6 is 0 Å². The molecule has 1 aromatic rings. The predicted molar refractivity (Wildman–Crippen MR) is 55.6 cm³/mol. The smallest absolute Gasteiger partial charge is 0.141 e. The Bertz CT molecular complexity index is 282. The summed E-state index contributed by atoms with van der Waals surface area (Å²) >= 11 is 0. The van der Waals surface area contributed by atoms with E-state index in [2.05, 4.69) is 30.7 Å². The van der Waals surface area contributed by atoms with Crippen molar-refractivity contribution < 1.29 is 4.74 Å². The normalized spacial score (nSPS) is 11.6. The number of ether oxygens (including phenoxy) is 1. The molecule has 0 saturated heterocycles. The Morgan fingerprint density at radius 2 is 2.07 bits per heavy atom. The van der Waals surface area contributed by atoms with Crippen molar-refractivity contribution in [2.24, 2.45) is 0 Å². The molecule has 14 heavy (non-hydrogen) atoms. The monoisotopic (exact) mass is 195 g/mol. The number of aromatic nitrogens is 2. The van der Waals surface area contributed by atoms with Gasteiger partial charge in [-0.05, 0) is 20.3 Å². The minimum atomic E-state index is -0.108. The molecule has 2 N–H and O–H groups in total. The van der Waals surface area contributed by atoms with Gasteiger partial charge in [0.25, 0.3) is 0 Å². The van der Waals surface area contributed by atoms with Crippen molar-refractivity contribution in [1.82, 2.24) is 9.97 Å². The fourth-order valence-corrected chi connectivity index (χ4v) is 0.811. The van der Waals surface area contributed by atoms with Crippen LogP contribution in [0.2, 0.25) is 0 Å². The van der Waals surface area contributed by atoms with Crippen molar-refractivity contribution in [3.05, 3.63) is 18.1 Å². The van der Waals surface area contributed by atoms with Crippen molar-refractivity contribution in [3.63, 3.8) is 0 Å². The van der Waals surface area contributed by atoms with Gasteiger partial charge in [0.2, 0.25) is 0 Å². The SMILES string of the molecule is CCC(C)(C)OCc1cnc(N)cn1. The van der Waals surface area contributed by atoms with E-state index in [1.54, 1.807) is 6.20 Å². The molecular formula is C10H17N3O. The molecule has 0 atom stereocenters. The van der Waals surface area contributed by atoms with Gasteiger partial charge in [-0.1, -0.05) is 6.92 Å². The van der Waals surface area contributed by atoms with Crippen LogP contribution in [0, 0.1) is 0 Å². The molecule has 0 radical (unpaired) electrons. The van der Waals surface area contributed by atoms with Crippen molar-refractivity contribution in [2.75, 3.05) is 5.73 Å². The Kier molecular flexibility index (Phi) is 3.41. The average Bonchev–Trinajstić information content (AvgIpc) is 2.17. The highest BCUT2D eigenvalue weighted by Gasteiger charge is 2.15. The number of hydrogen-bond acceptors (Lipinski definition) is 4. The molecule has 0 spiro atoms. The van der Waals surface area contributed by atoms with Crippen LogP contribution in [-0.2, 0) is 11.3 Å². The second kappa shape index (κ2) is 4.37. The molecule has 0 aliphatic rings. The maximum absolute atomic E-state index is 5.66. The van der Waals surface area contributed by atoms with Crippen LogP contribution in [-0.4, -0.2) is 15.6 Å². The summed E-state index contributed by atoms with van der Waals surface area (Å²) in [4.78, 5) is 8.04. The summed E-state index contributed by atoms with van der Waals surface area (Å²) in [6.07, 6.45) is 4.15. The highest BCUT2D eigenvalue weighted by Crippen LogP contribution is 2.15. The molecule has 0 unspecified atom stereocenters. The predicted octanol–water partition coefficient (Wildman–Crippen LogP) is 1.76. The molecule has 0 amide bonds. The lowest BCUT2D eigenvalue weighted by Crippen LogP contribution is -2.23. The first-order chi connectivity index (χ1) is 6.53.